The monoisotopic (exact) mass is 281 g/mol. The van der Waals surface area contributed by atoms with Gasteiger partial charge in [0.15, 0.2) is 0 Å². The molecule has 0 aromatic rings. The van der Waals surface area contributed by atoms with Crippen molar-refractivity contribution >= 4 is 22.0 Å². The summed E-state index contributed by atoms with van der Waals surface area (Å²) >= 11 is 0. The molecular weight excluding hydrogens is 262 g/mol. The van der Waals surface area contributed by atoms with E-state index < -0.39 is 28.6 Å². The van der Waals surface area contributed by atoms with E-state index in [-0.39, 0.29) is 24.8 Å². The zero-order chi connectivity index (χ0) is 14.3. The van der Waals surface area contributed by atoms with E-state index in [2.05, 4.69) is 5.32 Å². The summed E-state index contributed by atoms with van der Waals surface area (Å²) in [6.07, 6.45) is 0. The summed E-state index contributed by atoms with van der Waals surface area (Å²) in [7, 11) is -3.64. The number of rotatable bonds is 7. The number of urea groups is 1. The molecule has 0 bridgehead atoms. The number of hydrogen-bond acceptors (Lipinski definition) is 4. The van der Waals surface area contributed by atoms with Gasteiger partial charge in [-0.3, -0.25) is 4.79 Å². The molecule has 0 saturated carbocycles. The van der Waals surface area contributed by atoms with Crippen LogP contribution in [-0.2, 0) is 14.8 Å². The van der Waals surface area contributed by atoms with Gasteiger partial charge in [-0.2, -0.15) is 0 Å². The molecule has 4 N–H and O–H groups in total. The van der Waals surface area contributed by atoms with E-state index in [1.165, 1.54) is 0 Å². The summed E-state index contributed by atoms with van der Waals surface area (Å²) in [5.74, 6) is -1.41. The summed E-state index contributed by atoms with van der Waals surface area (Å²) in [5, 5.41) is 15.7. The molecule has 106 valence electrons. The van der Waals surface area contributed by atoms with Gasteiger partial charge in [-0.25, -0.2) is 18.4 Å². The van der Waals surface area contributed by atoms with Crippen LogP contribution in [0, 0.1) is 5.92 Å². The number of primary sulfonamides is 1. The van der Waals surface area contributed by atoms with Gasteiger partial charge in [-0.05, 0) is 5.92 Å². The molecule has 9 heteroatoms. The molecule has 0 radical (unpaired) electrons. The molecule has 0 saturated heterocycles. The van der Waals surface area contributed by atoms with E-state index in [0.717, 1.165) is 4.90 Å². The second-order valence-electron chi connectivity index (χ2n) is 4.27. The highest BCUT2D eigenvalue weighted by atomic mass is 32.2. The molecule has 0 atom stereocenters. The summed E-state index contributed by atoms with van der Waals surface area (Å²) in [4.78, 5) is 23.3. The van der Waals surface area contributed by atoms with Crippen molar-refractivity contribution in [2.24, 2.45) is 11.1 Å². The largest absolute Gasteiger partial charge is 0.480 e. The number of nitrogens with two attached hydrogens (primary N) is 1. The van der Waals surface area contributed by atoms with Gasteiger partial charge in [0.25, 0.3) is 0 Å². The van der Waals surface area contributed by atoms with Gasteiger partial charge in [0.2, 0.25) is 10.0 Å². The first-order valence-corrected chi connectivity index (χ1v) is 7.08. The fourth-order valence-electron chi connectivity index (χ4n) is 1.24. The predicted octanol–water partition coefficient (Wildman–Crippen LogP) is -0.973. The number of nitrogens with one attached hydrogen (secondary N) is 1. The van der Waals surface area contributed by atoms with Crippen LogP contribution in [0.2, 0.25) is 0 Å². The number of carbonyl (C=O) groups is 2. The van der Waals surface area contributed by atoms with Crippen LogP contribution >= 0.6 is 0 Å². The highest BCUT2D eigenvalue weighted by molar-refractivity contribution is 7.89. The third-order valence-electron chi connectivity index (χ3n) is 1.86. The molecule has 18 heavy (non-hydrogen) atoms. The van der Waals surface area contributed by atoms with Gasteiger partial charge in [0.05, 0.1) is 5.75 Å². The lowest BCUT2D eigenvalue weighted by Crippen LogP contribution is -2.45. The SMILES string of the molecule is CC(C)CN(CC(=O)O)C(=O)NCCS(N)(=O)=O. The van der Waals surface area contributed by atoms with E-state index in [1.54, 1.807) is 0 Å². The van der Waals surface area contributed by atoms with E-state index in [4.69, 9.17) is 10.2 Å². The third-order valence-corrected chi connectivity index (χ3v) is 2.63. The number of carboxylic acid groups (broad SMARTS) is 1. The predicted molar refractivity (Wildman–Crippen MR) is 65.4 cm³/mol. The first-order chi connectivity index (χ1) is 8.11. The second-order valence-corrected chi connectivity index (χ2v) is 6.00. The maximum atomic E-state index is 11.6. The number of carbonyl (C=O) groups excluding carboxylic acids is 1. The summed E-state index contributed by atoms with van der Waals surface area (Å²) < 4.78 is 21.3. The first-order valence-electron chi connectivity index (χ1n) is 5.37. The van der Waals surface area contributed by atoms with Crippen molar-refractivity contribution in [2.45, 2.75) is 13.8 Å². The Hall–Kier alpha value is -1.35. The van der Waals surface area contributed by atoms with Crippen LogP contribution in [0.5, 0.6) is 0 Å². The highest BCUT2D eigenvalue weighted by Gasteiger charge is 2.17. The van der Waals surface area contributed by atoms with Crippen molar-refractivity contribution in [3.05, 3.63) is 0 Å². The molecule has 0 rings (SSSR count). The average molecular weight is 281 g/mol. The smallest absolute Gasteiger partial charge is 0.323 e. The highest BCUT2D eigenvalue weighted by Crippen LogP contribution is 1.99. The maximum Gasteiger partial charge on any atom is 0.323 e. The molecule has 0 aliphatic rings. The van der Waals surface area contributed by atoms with Crippen LogP contribution in [0.25, 0.3) is 0 Å². The van der Waals surface area contributed by atoms with Gasteiger partial charge >= 0.3 is 12.0 Å². The van der Waals surface area contributed by atoms with Crippen LogP contribution < -0.4 is 10.5 Å². The topological polar surface area (TPSA) is 130 Å². The summed E-state index contributed by atoms with van der Waals surface area (Å²) in [6, 6.07) is -0.616. The van der Waals surface area contributed by atoms with E-state index in [0.29, 0.717) is 0 Å². The molecule has 0 aliphatic carbocycles. The quantitative estimate of drug-likeness (QED) is 0.552. The average Bonchev–Trinajstić information content (AvgIpc) is 2.12. The zero-order valence-electron chi connectivity index (χ0n) is 10.4. The number of sulfonamides is 1. The fourth-order valence-corrected chi connectivity index (χ4v) is 1.62. The molecule has 0 aromatic heterocycles. The molecule has 0 fully saturated rings. The second kappa shape index (κ2) is 7.17. The van der Waals surface area contributed by atoms with Crippen LogP contribution in [0.3, 0.4) is 0 Å². The van der Waals surface area contributed by atoms with Gasteiger partial charge in [-0.15, -0.1) is 0 Å². The van der Waals surface area contributed by atoms with E-state index >= 15 is 0 Å². The van der Waals surface area contributed by atoms with E-state index in [1.807, 2.05) is 13.8 Å². The molecule has 2 amide bonds. The standard InChI is InChI=1S/C9H19N3O5S/c1-7(2)5-12(6-8(13)14)9(15)11-3-4-18(10,16)17/h7H,3-6H2,1-2H3,(H,11,15)(H,13,14)(H2,10,16,17). The Morgan fingerprint density at radius 3 is 2.33 bits per heavy atom. The third kappa shape index (κ3) is 8.76. The van der Waals surface area contributed by atoms with Crippen molar-refractivity contribution in [1.29, 1.82) is 0 Å². The minimum absolute atomic E-state index is 0.105. The van der Waals surface area contributed by atoms with Crippen LogP contribution in [-0.4, -0.2) is 55.8 Å². The Labute approximate surface area is 106 Å². The van der Waals surface area contributed by atoms with Crippen molar-refractivity contribution in [2.75, 3.05) is 25.4 Å². The number of amides is 2. The Morgan fingerprint density at radius 1 is 1.39 bits per heavy atom. The lowest BCUT2D eigenvalue weighted by Gasteiger charge is -2.22. The van der Waals surface area contributed by atoms with Crippen LogP contribution in [0.1, 0.15) is 13.8 Å². The van der Waals surface area contributed by atoms with Crippen molar-refractivity contribution < 1.29 is 23.1 Å². The fraction of sp³-hybridized carbons (Fsp3) is 0.778. The maximum absolute atomic E-state index is 11.6. The Morgan fingerprint density at radius 2 is 1.94 bits per heavy atom. The van der Waals surface area contributed by atoms with Crippen LogP contribution in [0.15, 0.2) is 0 Å². The van der Waals surface area contributed by atoms with E-state index in [9.17, 15) is 18.0 Å². The lowest BCUT2D eigenvalue weighted by molar-refractivity contribution is -0.137. The molecule has 0 heterocycles. The Bertz CT molecular complexity index is 393. The molecule has 0 aliphatic heterocycles. The summed E-state index contributed by atoms with van der Waals surface area (Å²) in [6.45, 7) is 3.37. The minimum Gasteiger partial charge on any atom is -0.480 e. The molecule has 0 unspecified atom stereocenters. The molecule has 8 nitrogen and oxygen atoms in total. The minimum atomic E-state index is -3.64. The molecule has 0 spiro atoms. The van der Waals surface area contributed by atoms with Crippen molar-refractivity contribution in [1.82, 2.24) is 10.2 Å². The lowest BCUT2D eigenvalue weighted by atomic mass is 10.2. The van der Waals surface area contributed by atoms with Gasteiger partial charge < -0.3 is 15.3 Å². The zero-order valence-corrected chi connectivity index (χ0v) is 11.2. The van der Waals surface area contributed by atoms with Crippen molar-refractivity contribution in [3.63, 3.8) is 0 Å². The van der Waals surface area contributed by atoms with Crippen LogP contribution in [0.4, 0.5) is 4.79 Å². The number of carboxylic acids is 1. The Balaban J connectivity index is 4.33. The molecule has 0 aromatic carbocycles. The number of aliphatic carboxylic acids is 1. The van der Waals surface area contributed by atoms with Gasteiger partial charge in [0.1, 0.15) is 6.54 Å². The normalized spacial score (nSPS) is 11.3. The van der Waals surface area contributed by atoms with Crippen molar-refractivity contribution in [3.8, 4) is 0 Å². The summed E-state index contributed by atoms with van der Waals surface area (Å²) in [5.41, 5.74) is 0. The number of nitrogens with zero attached hydrogens (tertiary/aromatic N) is 1. The van der Waals surface area contributed by atoms with Gasteiger partial charge in [-0.1, -0.05) is 13.8 Å². The number of hydrogen-bond donors (Lipinski definition) is 3. The molecular formula is C9H19N3O5S. The Kier molecular flexibility index (Phi) is 6.63. The first kappa shape index (κ1) is 16.6. The van der Waals surface area contributed by atoms with Gasteiger partial charge in [0, 0.05) is 13.1 Å².